The maximum atomic E-state index is 12.8. The van der Waals surface area contributed by atoms with Gasteiger partial charge in [-0.2, -0.15) is 0 Å². The first-order chi connectivity index (χ1) is 17.6. The zero-order chi connectivity index (χ0) is 26.6. The molecule has 1 fully saturated rings. The second-order valence-electron chi connectivity index (χ2n) is 8.69. The van der Waals surface area contributed by atoms with Crippen molar-refractivity contribution in [2.75, 3.05) is 19.7 Å². The molecule has 0 spiro atoms. The molecule has 0 radical (unpaired) electrons. The van der Waals surface area contributed by atoms with Crippen LogP contribution in [0.15, 0.2) is 54.6 Å². The van der Waals surface area contributed by atoms with Gasteiger partial charge in [-0.05, 0) is 43.0 Å². The number of ether oxygens (including phenoxy) is 2. The molecular formula is C26H27NO8S2. The number of hydrogen-bond acceptors (Lipinski definition) is 7. The summed E-state index contributed by atoms with van der Waals surface area (Å²) in [6.45, 7) is 1.79. The molecule has 9 nitrogen and oxygen atoms in total. The third kappa shape index (κ3) is 6.48. The molecular weight excluding hydrogens is 518 g/mol. The van der Waals surface area contributed by atoms with Gasteiger partial charge in [0, 0.05) is 23.5 Å². The number of nitrogens with zero attached hydrogens (tertiary/aromatic N) is 1. The smallest absolute Gasteiger partial charge is 0.349 e. The molecule has 196 valence electrons. The second kappa shape index (κ2) is 11.3. The first-order valence-electron chi connectivity index (χ1n) is 11.6. The lowest BCUT2D eigenvalue weighted by Crippen LogP contribution is -2.42. The molecule has 2 heterocycles. The van der Waals surface area contributed by atoms with Gasteiger partial charge in [-0.15, -0.1) is 11.3 Å². The van der Waals surface area contributed by atoms with Gasteiger partial charge in [-0.25, -0.2) is 22.3 Å². The molecule has 2 N–H and O–H groups in total. The molecule has 0 aliphatic carbocycles. The fourth-order valence-electron chi connectivity index (χ4n) is 4.23. The number of thiophene rings is 1. The van der Waals surface area contributed by atoms with Crippen LogP contribution in [-0.4, -0.2) is 60.7 Å². The SMILES string of the molecule is Cc1c(-c2cccc(OC3CCN(S(=O)(=O)Cc4ccccc4)CC3)c2)sc(C(=O)O)c1OCC(=O)O. The molecule has 1 aliphatic heterocycles. The monoisotopic (exact) mass is 545 g/mol. The highest BCUT2D eigenvalue weighted by Crippen LogP contribution is 2.42. The minimum Gasteiger partial charge on any atom is -0.490 e. The number of hydrogen-bond donors (Lipinski definition) is 2. The molecule has 37 heavy (non-hydrogen) atoms. The molecule has 4 rings (SSSR count). The fraction of sp³-hybridized carbons (Fsp3) is 0.308. The Kier molecular flexibility index (Phi) is 8.16. The molecule has 3 aromatic rings. The number of carboxylic acids is 2. The minimum absolute atomic E-state index is 0.0297. The van der Waals surface area contributed by atoms with Gasteiger partial charge in [0.2, 0.25) is 10.0 Å². The molecule has 0 atom stereocenters. The first-order valence-corrected chi connectivity index (χ1v) is 14.1. The molecule has 0 unspecified atom stereocenters. The van der Waals surface area contributed by atoms with Crippen molar-refractivity contribution >= 4 is 33.3 Å². The van der Waals surface area contributed by atoms with Crippen molar-refractivity contribution in [1.82, 2.24) is 4.31 Å². The van der Waals surface area contributed by atoms with E-state index >= 15 is 0 Å². The second-order valence-corrected chi connectivity index (χ2v) is 11.7. The molecule has 1 aromatic heterocycles. The molecule has 2 aromatic carbocycles. The van der Waals surface area contributed by atoms with Gasteiger partial charge < -0.3 is 19.7 Å². The highest BCUT2D eigenvalue weighted by atomic mass is 32.2. The van der Waals surface area contributed by atoms with E-state index in [2.05, 4.69) is 0 Å². The van der Waals surface area contributed by atoms with Crippen LogP contribution in [0.2, 0.25) is 0 Å². The zero-order valence-corrected chi connectivity index (χ0v) is 21.8. The van der Waals surface area contributed by atoms with E-state index in [0.717, 1.165) is 22.5 Å². The third-order valence-electron chi connectivity index (χ3n) is 6.01. The predicted molar refractivity (Wildman–Crippen MR) is 139 cm³/mol. The van der Waals surface area contributed by atoms with Crippen molar-refractivity contribution in [1.29, 1.82) is 0 Å². The Labute approximate surface area is 218 Å². The van der Waals surface area contributed by atoms with E-state index in [4.69, 9.17) is 14.6 Å². The molecule has 1 aliphatic rings. The van der Waals surface area contributed by atoms with E-state index in [9.17, 15) is 23.1 Å². The number of rotatable bonds is 10. The Morgan fingerprint density at radius 2 is 1.76 bits per heavy atom. The average Bonchev–Trinajstić information content (AvgIpc) is 3.20. The number of aromatic carboxylic acids is 1. The highest BCUT2D eigenvalue weighted by molar-refractivity contribution is 7.88. The summed E-state index contributed by atoms with van der Waals surface area (Å²) in [6, 6.07) is 16.3. The van der Waals surface area contributed by atoms with Crippen LogP contribution in [-0.2, 0) is 20.6 Å². The van der Waals surface area contributed by atoms with Crippen LogP contribution in [0.5, 0.6) is 11.5 Å². The van der Waals surface area contributed by atoms with E-state index in [0.29, 0.717) is 42.1 Å². The van der Waals surface area contributed by atoms with Crippen molar-refractivity contribution in [3.63, 3.8) is 0 Å². The Hall–Kier alpha value is -3.41. The van der Waals surface area contributed by atoms with Crippen molar-refractivity contribution in [2.45, 2.75) is 31.6 Å². The van der Waals surface area contributed by atoms with Gasteiger partial charge >= 0.3 is 11.9 Å². The van der Waals surface area contributed by atoms with Crippen molar-refractivity contribution in [3.8, 4) is 21.9 Å². The predicted octanol–water partition coefficient (Wildman–Crippen LogP) is 4.26. The van der Waals surface area contributed by atoms with E-state index in [1.54, 1.807) is 37.3 Å². The molecule has 1 saturated heterocycles. The normalized spacial score (nSPS) is 14.8. The summed E-state index contributed by atoms with van der Waals surface area (Å²) in [5, 5.41) is 18.5. The lowest BCUT2D eigenvalue weighted by atomic mass is 10.1. The van der Waals surface area contributed by atoms with Gasteiger partial charge in [0.15, 0.2) is 11.5 Å². The summed E-state index contributed by atoms with van der Waals surface area (Å²) >= 11 is 1.01. The summed E-state index contributed by atoms with van der Waals surface area (Å²) in [6.07, 6.45) is 0.936. The maximum absolute atomic E-state index is 12.8. The maximum Gasteiger partial charge on any atom is 0.349 e. The van der Waals surface area contributed by atoms with Gasteiger partial charge in [0.25, 0.3) is 0 Å². The van der Waals surface area contributed by atoms with Gasteiger partial charge in [0.05, 0.1) is 5.75 Å². The topological polar surface area (TPSA) is 130 Å². The Balaban J connectivity index is 1.43. The fourth-order valence-corrected chi connectivity index (χ4v) is 6.88. The number of benzene rings is 2. The highest BCUT2D eigenvalue weighted by Gasteiger charge is 2.29. The van der Waals surface area contributed by atoms with Crippen molar-refractivity contribution in [3.05, 3.63) is 70.6 Å². The lowest BCUT2D eigenvalue weighted by molar-refractivity contribution is -0.139. The van der Waals surface area contributed by atoms with Crippen LogP contribution in [0.25, 0.3) is 10.4 Å². The first kappa shape index (κ1) is 26.6. The minimum atomic E-state index is -3.42. The number of piperidine rings is 1. The zero-order valence-electron chi connectivity index (χ0n) is 20.1. The van der Waals surface area contributed by atoms with Crippen LogP contribution < -0.4 is 9.47 Å². The quantitative estimate of drug-likeness (QED) is 0.387. The van der Waals surface area contributed by atoms with Crippen LogP contribution in [0.3, 0.4) is 0 Å². The van der Waals surface area contributed by atoms with Gasteiger partial charge in [0.1, 0.15) is 17.6 Å². The molecule has 0 saturated carbocycles. The van der Waals surface area contributed by atoms with Crippen molar-refractivity contribution in [2.24, 2.45) is 0 Å². The number of carbonyl (C=O) groups is 2. The van der Waals surface area contributed by atoms with Crippen molar-refractivity contribution < 1.29 is 37.7 Å². The number of aliphatic carboxylic acids is 1. The summed E-state index contributed by atoms with van der Waals surface area (Å²) in [7, 11) is -3.42. The van der Waals surface area contributed by atoms with E-state index in [-0.39, 0.29) is 22.5 Å². The van der Waals surface area contributed by atoms with E-state index in [1.807, 2.05) is 24.3 Å². The number of carboxylic acid groups (broad SMARTS) is 2. The van der Waals surface area contributed by atoms with Gasteiger partial charge in [-0.3, -0.25) is 0 Å². The average molecular weight is 546 g/mol. The van der Waals surface area contributed by atoms with Crippen LogP contribution in [0, 0.1) is 6.92 Å². The van der Waals surface area contributed by atoms with E-state index in [1.165, 1.54) is 4.31 Å². The van der Waals surface area contributed by atoms with Crippen LogP contribution >= 0.6 is 11.3 Å². The summed E-state index contributed by atoms with van der Waals surface area (Å²) in [5.41, 5.74) is 2.01. The molecule has 0 bridgehead atoms. The summed E-state index contributed by atoms with van der Waals surface area (Å²) in [5.74, 6) is -1.79. The standard InChI is InChI=1S/C26H27NO8S2/c1-17-23(34-15-22(28)29)25(26(30)31)36-24(17)19-8-5-9-21(14-19)35-20-10-12-27(13-11-20)37(32,33)16-18-6-3-2-4-7-18/h2-9,14,20H,10-13,15-16H2,1H3,(H,28,29)(H,30,31). The Morgan fingerprint density at radius 1 is 1.05 bits per heavy atom. The van der Waals surface area contributed by atoms with Crippen LogP contribution in [0.1, 0.15) is 33.6 Å². The Bertz CT molecular complexity index is 1380. The largest absolute Gasteiger partial charge is 0.490 e. The third-order valence-corrected chi connectivity index (χ3v) is 9.17. The lowest BCUT2D eigenvalue weighted by Gasteiger charge is -2.31. The Morgan fingerprint density at radius 3 is 2.41 bits per heavy atom. The number of sulfonamides is 1. The summed E-state index contributed by atoms with van der Waals surface area (Å²) < 4.78 is 38.6. The van der Waals surface area contributed by atoms with E-state index < -0.39 is 28.6 Å². The van der Waals surface area contributed by atoms with Crippen LogP contribution in [0.4, 0.5) is 0 Å². The van der Waals surface area contributed by atoms with Gasteiger partial charge in [-0.1, -0.05) is 42.5 Å². The molecule has 11 heteroatoms. The molecule has 0 amide bonds. The summed E-state index contributed by atoms with van der Waals surface area (Å²) in [4.78, 5) is 23.2.